The Kier molecular flexibility index (Phi) is 6.28. The van der Waals surface area contributed by atoms with Crippen molar-refractivity contribution in [3.8, 4) is 28.5 Å². The Morgan fingerprint density at radius 1 is 1.09 bits per heavy atom. The topological polar surface area (TPSA) is 128 Å². The summed E-state index contributed by atoms with van der Waals surface area (Å²) in [6.07, 6.45) is -5.55. The van der Waals surface area contributed by atoms with Crippen molar-refractivity contribution in [2.24, 2.45) is 0 Å². The van der Waals surface area contributed by atoms with Crippen molar-refractivity contribution in [3.05, 3.63) is 53.7 Å². The number of alkyl halides is 3. The van der Waals surface area contributed by atoms with Gasteiger partial charge in [0.25, 0.3) is 0 Å². The second kappa shape index (κ2) is 9.06. The zero-order valence-corrected chi connectivity index (χ0v) is 18.9. The normalized spacial score (nSPS) is 13.0. The van der Waals surface area contributed by atoms with E-state index in [4.69, 9.17) is 9.47 Å². The Morgan fingerprint density at radius 2 is 1.83 bits per heavy atom. The fourth-order valence-corrected chi connectivity index (χ4v) is 4.31. The number of phenols is 1. The molecule has 0 atom stereocenters. The van der Waals surface area contributed by atoms with E-state index in [9.17, 15) is 31.5 Å². The van der Waals surface area contributed by atoms with Gasteiger partial charge < -0.3 is 19.9 Å². The van der Waals surface area contributed by atoms with E-state index in [2.05, 4.69) is 15.3 Å². The van der Waals surface area contributed by atoms with Gasteiger partial charge in [-0.2, -0.15) is 13.2 Å². The first-order valence-corrected chi connectivity index (χ1v) is 11.8. The highest BCUT2D eigenvalue weighted by molar-refractivity contribution is 7.91. The summed E-state index contributed by atoms with van der Waals surface area (Å²) >= 11 is 0. The number of carbonyl (C=O) groups excluding carboxylic acids is 1. The monoisotopic (exact) mass is 509 g/mol. The second-order valence-corrected chi connectivity index (χ2v) is 9.63. The average molecular weight is 509 g/mol. The van der Waals surface area contributed by atoms with Gasteiger partial charge in [-0.1, -0.05) is 6.07 Å². The molecule has 2 aromatic carbocycles. The highest BCUT2D eigenvalue weighted by Crippen LogP contribution is 2.37. The van der Waals surface area contributed by atoms with Crippen molar-refractivity contribution in [1.82, 2.24) is 9.97 Å². The van der Waals surface area contributed by atoms with Gasteiger partial charge in [-0.05, 0) is 48.9 Å². The number of hydrogen-bond acceptors (Lipinski definition) is 8. The number of nitrogens with one attached hydrogen (secondary N) is 1. The summed E-state index contributed by atoms with van der Waals surface area (Å²) in [6.45, 7) is 1.67. The molecule has 0 saturated carbocycles. The molecule has 4 rings (SSSR count). The van der Waals surface area contributed by atoms with Crippen LogP contribution in [0.1, 0.15) is 17.7 Å². The van der Waals surface area contributed by atoms with Crippen LogP contribution in [0.3, 0.4) is 0 Å². The van der Waals surface area contributed by atoms with Crippen LogP contribution in [-0.4, -0.2) is 41.9 Å². The van der Waals surface area contributed by atoms with E-state index in [1.807, 2.05) is 0 Å². The SMILES string of the molecule is Cc1ccc(O)c(NC(=O)CCS(=O)(=O)c2nc(-c3ccc4c(c3)OCO4)cc(C(F)(F)F)n2)c1. The molecule has 1 amide bonds. The van der Waals surface area contributed by atoms with Gasteiger partial charge in [0.05, 0.1) is 17.1 Å². The summed E-state index contributed by atoms with van der Waals surface area (Å²) in [5, 5.41) is 11.1. The number of aryl methyl sites for hydroxylation is 1. The quantitative estimate of drug-likeness (QED) is 0.380. The molecule has 0 saturated heterocycles. The molecule has 35 heavy (non-hydrogen) atoms. The first kappa shape index (κ1) is 24.3. The fraction of sp³-hybridized carbons (Fsp3) is 0.227. The third-order valence-electron chi connectivity index (χ3n) is 4.97. The van der Waals surface area contributed by atoms with Gasteiger partial charge in [0.2, 0.25) is 27.7 Å². The zero-order chi connectivity index (χ0) is 25.4. The molecule has 3 aromatic rings. The summed E-state index contributed by atoms with van der Waals surface area (Å²) in [6, 6.07) is 9.33. The van der Waals surface area contributed by atoms with Crippen molar-refractivity contribution in [2.45, 2.75) is 24.7 Å². The Morgan fingerprint density at radius 3 is 2.57 bits per heavy atom. The first-order valence-electron chi connectivity index (χ1n) is 10.1. The first-order chi connectivity index (χ1) is 16.4. The van der Waals surface area contributed by atoms with Crippen LogP contribution in [0.15, 0.2) is 47.6 Å². The molecule has 0 spiro atoms. The van der Waals surface area contributed by atoms with E-state index in [0.717, 1.165) is 5.56 Å². The van der Waals surface area contributed by atoms with Crippen molar-refractivity contribution in [1.29, 1.82) is 0 Å². The number of aromatic nitrogens is 2. The van der Waals surface area contributed by atoms with Crippen LogP contribution in [0.5, 0.6) is 17.2 Å². The minimum atomic E-state index is -4.95. The third-order valence-corrected chi connectivity index (χ3v) is 6.45. The molecular formula is C22H18F3N3O6S. The van der Waals surface area contributed by atoms with E-state index in [1.165, 1.54) is 30.3 Å². The molecule has 1 aromatic heterocycles. The molecule has 0 radical (unpaired) electrons. The molecule has 184 valence electrons. The molecule has 2 heterocycles. The molecule has 1 aliphatic rings. The maximum absolute atomic E-state index is 13.5. The molecule has 0 bridgehead atoms. The molecule has 1 aliphatic heterocycles. The Balaban J connectivity index is 1.60. The lowest BCUT2D eigenvalue weighted by Gasteiger charge is -2.12. The van der Waals surface area contributed by atoms with Crippen LogP contribution in [0.4, 0.5) is 18.9 Å². The number of rotatable bonds is 6. The van der Waals surface area contributed by atoms with E-state index in [-0.39, 0.29) is 35.2 Å². The number of fused-ring (bicyclic) bond motifs is 1. The fourth-order valence-electron chi connectivity index (χ4n) is 3.19. The summed E-state index contributed by atoms with van der Waals surface area (Å²) in [4.78, 5) is 19.3. The lowest BCUT2D eigenvalue weighted by molar-refractivity contribution is -0.141. The number of amides is 1. The second-order valence-electron chi connectivity index (χ2n) is 7.62. The molecule has 0 unspecified atom stereocenters. The van der Waals surface area contributed by atoms with E-state index < -0.39 is 44.9 Å². The van der Waals surface area contributed by atoms with Crippen molar-refractivity contribution >= 4 is 21.4 Å². The minimum absolute atomic E-state index is 0.0572. The molecule has 0 fully saturated rings. The number of nitrogens with zero attached hydrogens (tertiary/aromatic N) is 2. The van der Waals surface area contributed by atoms with Crippen LogP contribution < -0.4 is 14.8 Å². The van der Waals surface area contributed by atoms with Crippen molar-refractivity contribution < 1.29 is 41.0 Å². The van der Waals surface area contributed by atoms with E-state index in [1.54, 1.807) is 13.0 Å². The number of sulfone groups is 1. The average Bonchev–Trinajstić information content (AvgIpc) is 3.27. The number of halogens is 3. The molecule has 9 nitrogen and oxygen atoms in total. The Labute approximate surface area is 197 Å². The number of carbonyl (C=O) groups is 1. The smallest absolute Gasteiger partial charge is 0.433 e. The van der Waals surface area contributed by atoms with Crippen LogP contribution in [0.25, 0.3) is 11.3 Å². The summed E-state index contributed by atoms with van der Waals surface area (Å²) in [5.41, 5.74) is -0.774. The Hall–Kier alpha value is -3.87. The van der Waals surface area contributed by atoms with Crippen LogP contribution in [-0.2, 0) is 20.8 Å². The lowest BCUT2D eigenvalue weighted by atomic mass is 10.1. The van der Waals surface area contributed by atoms with Gasteiger partial charge in [0.1, 0.15) is 11.4 Å². The van der Waals surface area contributed by atoms with Crippen LogP contribution >= 0.6 is 0 Å². The highest BCUT2D eigenvalue weighted by atomic mass is 32.2. The van der Waals surface area contributed by atoms with Gasteiger partial charge in [0.15, 0.2) is 11.5 Å². The maximum atomic E-state index is 13.5. The minimum Gasteiger partial charge on any atom is -0.506 e. The summed E-state index contributed by atoms with van der Waals surface area (Å²) in [7, 11) is -4.49. The highest BCUT2D eigenvalue weighted by Gasteiger charge is 2.35. The molecule has 2 N–H and O–H groups in total. The molecule has 13 heteroatoms. The van der Waals surface area contributed by atoms with Gasteiger partial charge in [-0.3, -0.25) is 4.79 Å². The van der Waals surface area contributed by atoms with Crippen LogP contribution in [0, 0.1) is 6.92 Å². The number of benzene rings is 2. The number of aromatic hydroxyl groups is 1. The number of ether oxygens (including phenoxy) is 2. The van der Waals surface area contributed by atoms with Gasteiger partial charge >= 0.3 is 6.18 Å². The Bertz CT molecular complexity index is 1410. The predicted octanol–water partition coefficient (Wildman–Crippen LogP) is 3.71. The predicted molar refractivity (Wildman–Crippen MR) is 117 cm³/mol. The van der Waals surface area contributed by atoms with E-state index in [0.29, 0.717) is 11.8 Å². The van der Waals surface area contributed by atoms with Crippen molar-refractivity contribution in [2.75, 3.05) is 17.9 Å². The number of phenolic OH excluding ortho intramolecular Hbond substituents is 1. The number of hydrogen-bond donors (Lipinski definition) is 2. The van der Waals surface area contributed by atoms with E-state index >= 15 is 0 Å². The molecular weight excluding hydrogens is 491 g/mol. The van der Waals surface area contributed by atoms with Crippen molar-refractivity contribution in [3.63, 3.8) is 0 Å². The molecule has 0 aliphatic carbocycles. The lowest BCUT2D eigenvalue weighted by Crippen LogP contribution is -2.20. The number of anilines is 1. The standard InChI is InChI=1S/C22H18F3N3O6S/c1-12-2-4-16(29)15(8-12)26-20(30)6-7-35(31,32)21-27-14(10-19(28-21)22(23,24)25)13-3-5-17-18(9-13)34-11-33-17/h2-5,8-10,29H,6-7,11H2,1H3,(H,26,30). The van der Waals surface area contributed by atoms with Crippen LogP contribution in [0.2, 0.25) is 0 Å². The summed E-state index contributed by atoms with van der Waals surface area (Å²) in [5.74, 6) is -1.18. The zero-order valence-electron chi connectivity index (χ0n) is 18.1. The van der Waals surface area contributed by atoms with Gasteiger partial charge in [-0.15, -0.1) is 0 Å². The maximum Gasteiger partial charge on any atom is 0.433 e. The largest absolute Gasteiger partial charge is 0.506 e. The van der Waals surface area contributed by atoms with Gasteiger partial charge in [0, 0.05) is 12.0 Å². The summed E-state index contributed by atoms with van der Waals surface area (Å²) < 4.78 is 76.4. The third kappa shape index (κ3) is 5.45. The van der Waals surface area contributed by atoms with Gasteiger partial charge in [-0.25, -0.2) is 18.4 Å².